The Kier molecular flexibility index (Phi) is 2.98. The molecule has 0 bridgehead atoms. The minimum absolute atomic E-state index is 0.0469. The lowest BCUT2D eigenvalue weighted by Crippen LogP contribution is -2.10. The van der Waals surface area contributed by atoms with Crippen LogP contribution in [-0.2, 0) is 10.0 Å². The fourth-order valence-corrected chi connectivity index (χ4v) is 2.31. The van der Waals surface area contributed by atoms with Crippen molar-refractivity contribution >= 4 is 15.7 Å². The van der Waals surface area contributed by atoms with Crippen molar-refractivity contribution < 1.29 is 18.4 Å². The van der Waals surface area contributed by atoms with Gasteiger partial charge in [-0.3, -0.25) is 10.1 Å². The normalized spacial score (nSPS) is 11.4. The monoisotopic (exact) mass is 283 g/mol. The summed E-state index contributed by atoms with van der Waals surface area (Å²) in [5.41, 5.74) is -0.291. The highest BCUT2D eigenvalue weighted by molar-refractivity contribution is 7.89. The lowest BCUT2D eigenvalue weighted by atomic mass is 10.2. The average molecular weight is 283 g/mol. The van der Waals surface area contributed by atoms with Crippen LogP contribution in [0.2, 0.25) is 0 Å². The lowest BCUT2D eigenvalue weighted by molar-refractivity contribution is -0.385. The number of imidazole rings is 1. The van der Waals surface area contributed by atoms with E-state index in [1.165, 1.54) is 18.5 Å². The second-order valence-corrected chi connectivity index (χ2v) is 5.63. The van der Waals surface area contributed by atoms with Gasteiger partial charge in [0.2, 0.25) is 10.0 Å². The van der Waals surface area contributed by atoms with Crippen LogP contribution in [0, 0.1) is 10.1 Å². The number of nitrogens with zero attached hydrogens (tertiary/aromatic N) is 3. The summed E-state index contributed by atoms with van der Waals surface area (Å²) in [5, 5.41) is 20.1. The Morgan fingerprint density at radius 2 is 2.11 bits per heavy atom. The van der Waals surface area contributed by atoms with E-state index in [4.69, 9.17) is 0 Å². The Labute approximate surface area is 108 Å². The summed E-state index contributed by atoms with van der Waals surface area (Å²) in [6.45, 7) is 0. The van der Waals surface area contributed by atoms with E-state index < -0.39 is 26.4 Å². The summed E-state index contributed by atoms with van der Waals surface area (Å²) in [6.07, 6.45) is 3.51. The highest BCUT2D eigenvalue weighted by Crippen LogP contribution is 2.30. The van der Waals surface area contributed by atoms with Gasteiger partial charge >= 0.3 is 5.69 Å². The van der Waals surface area contributed by atoms with Gasteiger partial charge in [0.25, 0.3) is 0 Å². The first-order chi connectivity index (χ1) is 8.80. The third-order valence-corrected chi connectivity index (χ3v) is 3.40. The first-order valence-corrected chi connectivity index (χ1v) is 6.87. The van der Waals surface area contributed by atoms with Crippen LogP contribution in [0.5, 0.6) is 5.75 Å². The maximum atomic E-state index is 11.5. The molecule has 1 heterocycles. The van der Waals surface area contributed by atoms with Gasteiger partial charge in [-0.15, -0.1) is 0 Å². The zero-order valence-corrected chi connectivity index (χ0v) is 10.5. The van der Waals surface area contributed by atoms with E-state index in [0.717, 1.165) is 22.4 Å². The number of phenols is 1. The number of hydrogen-bond acceptors (Lipinski definition) is 6. The average Bonchev–Trinajstić information content (AvgIpc) is 2.77. The number of rotatable bonds is 3. The Bertz CT molecular complexity index is 750. The molecule has 0 unspecified atom stereocenters. The summed E-state index contributed by atoms with van der Waals surface area (Å²) in [4.78, 5) is 13.8. The predicted octanol–water partition coefficient (Wildman–Crippen LogP) is 0.972. The van der Waals surface area contributed by atoms with Crippen molar-refractivity contribution in [1.29, 1.82) is 0 Å². The first-order valence-electron chi connectivity index (χ1n) is 5.02. The molecule has 8 nitrogen and oxygen atoms in total. The molecule has 0 aliphatic carbocycles. The molecule has 0 aliphatic rings. The SMILES string of the molecule is CS(=O)(=O)n1ccnc1-c1ccc(O)c([N+](=O)[O-])c1. The van der Waals surface area contributed by atoms with Gasteiger partial charge in [0.1, 0.15) is 0 Å². The van der Waals surface area contributed by atoms with Gasteiger partial charge in [-0.1, -0.05) is 0 Å². The third kappa shape index (κ3) is 2.40. The Hall–Kier alpha value is -2.42. The number of nitro groups is 1. The highest BCUT2D eigenvalue weighted by Gasteiger charge is 2.19. The van der Waals surface area contributed by atoms with E-state index in [1.54, 1.807) is 0 Å². The van der Waals surface area contributed by atoms with Gasteiger partial charge in [0.15, 0.2) is 11.6 Å². The molecule has 1 aromatic heterocycles. The quantitative estimate of drug-likeness (QED) is 0.663. The molecule has 2 aromatic rings. The van der Waals surface area contributed by atoms with Crippen molar-refractivity contribution in [3.63, 3.8) is 0 Å². The van der Waals surface area contributed by atoms with Crippen molar-refractivity contribution in [2.45, 2.75) is 0 Å². The number of aromatic hydroxyl groups is 1. The molecule has 1 N–H and O–H groups in total. The van der Waals surface area contributed by atoms with Gasteiger partial charge in [0.05, 0.1) is 11.2 Å². The number of phenolic OH excluding ortho intramolecular Hbond substituents is 1. The van der Waals surface area contributed by atoms with Crippen molar-refractivity contribution in [1.82, 2.24) is 8.96 Å². The Morgan fingerprint density at radius 3 is 2.68 bits per heavy atom. The van der Waals surface area contributed by atoms with Gasteiger partial charge in [-0.25, -0.2) is 17.4 Å². The fourth-order valence-electron chi connectivity index (χ4n) is 1.57. The summed E-state index contributed by atoms with van der Waals surface area (Å²) >= 11 is 0. The molecule has 1 aromatic carbocycles. The van der Waals surface area contributed by atoms with Crippen molar-refractivity contribution in [2.75, 3.05) is 6.26 Å². The molecule has 0 amide bonds. The van der Waals surface area contributed by atoms with Gasteiger partial charge < -0.3 is 5.11 Å². The molecule has 9 heteroatoms. The molecule has 0 aliphatic heterocycles. The number of hydrogen-bond donors (Lipinski definition) is 1. The first kappa shape index (κ1) is 13.0. The van der Waals surface area contributed by atoms with E-state index in [1.807, 2.05) is 0 Å². The Morgan fingerprint density at radius 1 is 1.42 bits per heavy atom. The fraction of sp³-hybridized carbons (Fsp3) is 0.100. The van der Waals surface area contributed by atoms with Crippen molar-refractivity contribution in [2.24, 2.45) is 0 Å². The largest absolute Gasteiger partial charge is 0.502 e. The van der Waals surface area contributed by atoms with E-state index >= 15 is 0 Å². The molecule has 0 radical (unpaired) electrons. The van der Waals surface area contributed by atoms with Crippen molar-refractivity contribution in [3.8, 4) is 17.1 Å². The maximum absolute atomic E-state index is 11.5. The zero-order chi connectivity index (χ0) is 14.2. The van der Waals surface area contributed by atoms with Crippen LogP contribution >= 0.6 is 0 Å². The summed E-state index contributed by atoms with van der Waals surface area (Å²) < 4.78 is 23.9. The summed E-state index contributed by atoms with van der Waals surface area (Å²) in [7, 11) is -3.56. The zero-order valence-electron chi connectivity index (χ0n) is 9.72. The molecule has 2 rings (SSSR count). The third-order valence-electron chi connectivity index (χ3n) is 2.40. The van der Waals surface area contributed by atoms with Gasteiger partial charge in [-0.2, -0.15) is 0 Å². The molecule has 0 spiro atoms. The second-order valence-electron chi connectivity index (χ2n) is 3.77. The topological polar surface area (TPSA) is 115 Å². The molecule has 19 heavy (non-hydrogen) atoms. The number of aromatic nitrogens is 2. The van der Waals surface area contributed by atoms with Gasteiger partial charge in [0, 0.05) is 24.0 Å². The lowest BCUT2D eigenvalue weighted by Gasteiger charge is -2.05. The van der Waals surface area contributed by atoms with Crippen LogP contribution in [0.15, 0.2) is 30.6 Å². The number of benzene rings is 1. The minimum atomic E-state index is -3.56. The van der Waals surface area contributed by atoms with E-state index in [0.29, 0.717) is 0 Å². The predicted molar refractivity (Wildman–Crippen MR) is 66.2 cm³/mol. The second kappa shape index (κ2) is 4.35. The molecule has 0 saturated carbocycles. The molecule has 0 atom stereocenters. The molecule has 0 saturated heterocycles. The van der Waals surface area contributed by atoms with E-state index in [2.05, 4.69) is 4.98 Å². The molecular weight excluding hydrogens is 274 g/mol. The van der Waals surface area contributed by atoms with E-state index in [9.17, 15) is 23.6 Å². The smallest absolute Gasteiger partial charge is 0.311 e. The van der Waals surface area contributed by atoms with Crippen LogP contribution in [0.3, 0.4) is 0 Å². The molecule has 0 fully saturated rings. The van der Waals surface area contributed by atoms with Crippen LogP contribution in [0.1, 0.15) is 0 Å². The van der Waals surface area contributed by atoms with E-state index in [-0.39, 0.29) is 11.4 Å². The summed E-state index contributed by atoms with van der Waals surface area (Å²) in [6, 6.07) is 3.54. The van der Waals surface area contributed by atoms with Gasteiger partial charge in [-0.05, 0) is 12.1 Å². The number of nitro benzene ring substituents is 1. The van der Waals surface area contributed by atoms with Crippen LogP contribution in [0.4, 0.5) is 5.69 Å². The standard InChI is InChI=1S/C10H9N3O5S/c1-19(17,18)12-5-4-11-10(12)7-2-3-9(14)8(6-7)13(15)16/h2-6,14H,1H3. The van der Waals surface area contributed by atoms with Crippen molar-refractivity contribution in [3.05, 3.63) is 40.7 Å². The van der Waals surface area contributed by atoms with Crippen LogP contribution < -0.4 is 0 Å². The molecule has 100 valence electrons. The van der Waals surface area contributed by atoms with Crippen LogP contribution in [-0.4, -0.2) is 33.7 Å². The molecular formula is C10H9N3O5S. The maximum Gasteiger partial charge on any atom is 0.311 e. The highest BCUT2D eigenvalue weighted by atomic mass is 32.2. The Balaban J connectivity index is 2.64. The summed E-state index contributed by atoms with van der Waals surface area (Å²) in [5.74, 6) is -0.447. The minimum Gasteiger partial charge on any atom is -0.502 e. The van der Waals surface area contributed by atoms with Crippen LogP contribution in [0.25, 0.3) is 11.4 Å².